The van der Waals surface area contributed by atoms with Crippen molar-refractivity contribution in [2.24, 2.45) is 0 Å². The maximum absolute atomic E-state index is 4.81. The molecule has 0 aromatic carbocycles. The summed E-state index contributed by atoms with van der Waals surface area (Å²) in [6, 6.07) is 1.85. The number of thioether (sulfide) groups is 1. The molecule has 0 radical (unpaired) electrons. The summed E-state index contributed by atoms with van der Waals surface area (Å²) >= 11 is 1.71. The highest BCUT2D eigenvalue weighted by atomic mass is 32.2. The second kappa shape index (κ2) is 7.75. The van der Waals surface area contributed by atoms with E-state index >= 15 is 0 Å². The van der Waals surface area contributed by atoms with E-state index in [2.05, 4.69) is 40.3 Å². The standard InChI is InChI=1S/C18H23N5S/c1-4-7-16-22-15-12-21-14(3)13(2)17(15)23(16)10-6-11-24-18-19-8-5-9-20-18/h5,8-9,12H,4,6-7,10-11H2,1-3H3. The van der Waals surface area contributed by atoms with Crippen LogP contribution in [0, 0.1) is 13.8 Å². The summed E-state index contributed by atoms with van der Waals surface area (Å²) in [4.78, 5) is 17.8. The van der Waals surface area contributed by atoms with Gasteiger partial charge in [-0.15, -0.1) is 0 Å². The third-order valence-electron chi connectivity index (χ3n) is 4.12. The molecule has 0 unspecified atom stereocenters. The second-order valence-corrected chi connectivity index (χ2v) is 6.93. The second-order valence-electron chi connectivity index (χ2n) is 5.87. The minimum atomic E-state index is 0.845. The van der Waals surface area contributed by atoms with Gasteiger partial charge < -0.3 is 4.57 Å². The third-order valence-corrected chi connectivity index (χ3v) is 5.09. The van der Waals surface area contributed by atoms with Crippen molar-refractivity contribution in [1.82, 2.24) is 24.5 Å². The Hall–Kier alpha value is -1.95. The summed E-state index contributed by atoms with van der Waals surface area (Å²) in [5.41, 5.74) is 4.58. The number of aromatic nitrogens is 5. The smallest absolute Gasteiger partial charge is 0.187 e. The highest BCUT2D eigenvalue weighted by Gasteiger charge is 2.14. The molecule has 24 heavy (non-hydrogen) atoms. The zero-order chi connectivity index (χ0) is 16.9. The predicted octanol–water partition coefficient (Wildman–Crippen LogP) is 3.97. The molecule has 0 N–H and O–H groups in total. The van der Waals surface area contributed by atoms with Gasteiger partial charge in [0.05, 0.1) is 11.7 Å². The number of rotatable bonds is 7. The molecule has 0 aliphatic carbocycles. The van der Waals surface area contributed by atoms with Crippen molar-refractivity contribution < 1.29 is 0 Å². The quantitative estimate of drug-likeness (QED) is 0.370. The number of nitrogens with zero attached hydrogens (tertiary/aromatic N) is 5. The molecule has 3 aromatic rings. The number of hydrogen-bond acceptors (Lipinski definition) is 5. The van der Waals surface area contributed by atoms with Crippen LogP contribution in [0.1, 0.15) is 36.8 Å². The minimum Gasteiger partial charge on any atom is -0.328 e. The van der Waals surface area contributed by atoms with Gasteiger partial charge in [-0.2, -0.15) is 0 Å². The van der Waals surface area contributed by atoms with Crippen molar-refractivity contribution >= 4 is 22.8 Å². The van der Waals surface area contributed by atoms with Crippen LogP contribution in [0.25, 0.3) is 11.0 Å². The number of fused-ring (bicyclic) bond motifs is 1. The monoisotopic (exact) mass is 341 g/mol. The molecule has 0 saturated carbocycles. The van der Waals surface area contributed by atoms with E-state index in [-0.39, 0.29) is 0 Å². The van der Waals surface area contributed by atoms with Crippen molar-refractivity contribution in [1.29, 1.82) is 0 Å². The van der Waals surface area contributed by atoms with Gasteiger partial charge in [-0.25, -0.2) is 15.0 Å². The fraction of sp³-hybridized carbons (Fsp3) is 0.444. The lowest BCUT2D eigenvalue weighted by Gasteiger charge is -2.10. The average Bonchev–Trinajstić information content (AvgIpc) is 2.95. The van der Waals surface area contributed by atoms with E-state index in [9.17, 15) is 0 Å². The van der Waals surface area contributed by atoms with E-state index in [1.54, 1.807) is 24.2 Å². The predicted molar refractivity (Wildman–Crippen MR) is 98.4 cm³/mol. The lowest BCUT2D eigenvalue weighted by Crippen LogP contribution is -2.06. The number of aryl methyl sites for hydroxylation is 4. The van der Waals surface area contributed by atoms with Gasteiger partial charge in [0.2, 0.25) is 0 Å². The van der Waals surface area contributed by atoms with Crippen LogP contribution in [-0.2, 0) is 13.0 Å². The van der Waals surface area contributed by atoms with Crippen LogP contribution in [0.2, 0.25) is 0 Å². The van der Waals surface area contributed by atoms with Gasteiger partial charge >= 0.3 is 0 Å². The van der Waals surface area contributed by atoms with Gasteiger partial charge in [-0.3, -0.25) is 4.98 Å². The fourth-order valence-corrected chi connectivity index (χ4v) is 3.56. The average molecular weight is 341 g/mol. The van der Waals surface area contributed by atoms with E-state index < -0.39 is 0 Å². The molecule has 0 saturated heterocycles. The molecule has 0 spiro atoms. The lowest BCUT2D eigenvalue weighted by atomic mass is 10.2. The normalized spacial score (nSPS) is 11.3. The Morgan fingerprint density at radius 3 is 2.67 bits per heavy atom. The number of pyridine rings is 1. The molecule has 3 heterocycles. The molecular weight excluding hydrogens is 318 g/mol. The third kappa shape index (κ3) is 3.59. The minimum absolute atomic E-state index is 0.845. The number of hydrogen-bond donors (Lipinski definition) is 0. The first-order valence-corrected chi connectivity index (χ1v) is 9.40. The van der Waals surface area contributed by atoms with Crippen LogP contribution in [0.4, 0.5) is 0 Å². The summed E-state index contributed by atoms with van der Waals surface area (Å²) < 4.78 is 2.38. The van der Waals surface area contributed by atoms with Gasteiger partial charge in [0, 0.05) is 36.8 Å². The molecule has 5 nitrogen and oxygen atoms in total. The summed E-state index contributed by atoms with van der Waals surface area (Å²) in [6.07, 6.45) is 8.64. The lowest BCUT2D eigenvalue weighted by molar-refractivity contribution is 0.648. The Morgan fingerprint density at radius 2 is 1.92 bits per heavy atom. The first-order valence-electron chi connectivity index (χ1n) is 8.41. The zero-order valence-corrected chi connectivity index (χ0v) is 15.3. The highest BCUT2D eigenvalue weighted by molar-refractivity contribution is 7.99. The van der Waals surface area contributed by atoms with Crippen LogP contribution in [-0.4, -0.2) is 30.3 Å². The molecule has 3 rings (SSSR count). The maximum atomic E-state index is 4.81. The van der Waals surface area contributed by atoms with Gasteiger partial charge in [0.1, 0.15) is 11.3 Å². The van der Waals surface area contributed by atoms with Gasteiger partial charge in [0.15, 0.2) is 5.16 Å². The molecule has 0 aliphatic heterocycles. The SMILES string of the molecule is CCCc1nc2cnc(C)c(C)c2n1CCCSc1ncccn1. The summed E-state index contributed by atoms with van der Waals surface area (Å²) in [7, 11) is 0. The van der Waals surface area contributed by atoms with E-state index in [1.807, 2.05) is 12.3 Å². The molecule has 0 bridgehead atoms. The summed E-state index contributed by atoms with van der Waals surface area (Å²) in [6.45, 7) is 7.37. The molecule has 0 aliphatic rings. The van der Waals surface area contributed by atoms with Gasteiger partial charge in [-0.05, 0) is 38.3 Å². The fourth-order valence-electron chi connectivity index (χ4n) is 2.83. The molecule has 0 fully saturated rings. The Bertz CT molecular complexity index is 813. The highest BCUT2D eigenvalue weighted by Crippen LogP contribution is 2.23. The van der Waals surface area contributed by atoms with Crippen LogP contribution >= 0.6 is 11.8 Å². The van der Waals surface area contributed by atoms with E-state index in [0.29, 0.717) is 0 Å². The molecule has 0 amide bonds. The van der Waals surface area contributed by atoms with Crippen molar-refractivity contribution in [3.63, 3.8) is 0 Å². The summed E-state index contributed by atoms with van der Waals surface area (Å²) in [5, 5.41) is 0.845. The Balaban J connectivity index is 1.77. The van der Waals surface area contributed by atoms with Crippen molar-refractivity contribution in [3.05, 3.63) is 41.7 Å². The molecule has 126 valence electrons. The topological polar surface area (TPSA) is 56.5 Å². The number of imidazole rings is 1. The van der Waals surface area contributed by atoms with Crippen molar-refractivity contribution in [2.75, 3.05) is 5.75 Å². The van der Waals surface area contributed by atoms with Gasteiger partial charge in [0.25, 0.3) is 0 Å². The van der Waals surface area contributed by atoms with Gasteiger partial charge in [-0.1, -0.05) is 18.7 Å². The molecule has 0 atom stereocenters. The van der Waals surface area contributed by atoms with Crippen LogP contribution < -0.4 is 0 Å². The molecule has 3 aromatic heterocycles. The van der Waals surface area contributed by atoms with Crippen LogP contribution in [0.3, 0.4) is 0 Å². The Labute approximate surface area is 147 Å². The first kappa shape index (κ1) is 16.9. The van der Waals surface area contributed by atoms with E-state index in [0.717, 1.165) is 47.9 Å². The van der Waals surface area contributed by atoms with Crippen LogP contribution in [0.15, 0.2) is 29.8 Å². The molecular formula is C18H23N5S. The Morgan fingerprint density at radius 1 is 1.12 bits per heavy atom. The molecule has 6 heteroatoms. The van der Waals surface area contributed by atoms with E-state index in [1.165, 1.54) is 16.9 Å². The Kier molecular flexibility index (Phi) is 5.45. The van der Waals surface area contributed by atoms with E-state index in [4.69, 9.17) is 4.98 Å². The zero-order valence-electron chi connectivity index (χ0n) is 14.5. The van der Waals surface area contributed by atoms with Crippen molar-refractivity contribution in [3.8, 4) is 0 Å². The largest absolute Gasteiger partial charge is 0.328 e. The van der Waals surface area contributed by atoms with Crippen molar-refractivity contribution in [2.45, 2.75) is 51.7 Å². The first-order chi connectivity index (χ1) is 11.7. The summed E-state index contributed by atoms with van der Waals surface area (Å²) in [5.74, 6) is 2.17. The maximum Gasteiger partial charge on any atom is 0.187 e. The van der Waals surface area contributed by atoms with Crippen LogP contribution in [0.5, 0.6) is 0 Å².